The zero-order chi connectivity index (χ0) is 90.7. The number of ether oxygens (including phenoxy) is 14. The molecule has 14 unspecified atom stereocenters. The third-order valence-corrected chi connectivity index (χ3v) is 24.3. The average molecular weight is 1800 g/mol. The van der Waals surface area contributed by atoms with Gasteiger partial charge in [-0.05, 0) is 26.2 Å². The van der Waals surface area contributed by atoms with Gasteiger partial charge in [0, 0.05) is 20.3 Å². The summed E-state index contributed by atoms with van der Waals surface area (Å²) in [7, 11) is 0. The molecule has 0 spiro atoms. The van der Waals surface area contributed by atoms with Crippen LogP contribution < -0.4 is 16.0 Å². The lowest BCUT2D eigenvalue weighted by Gasteiger charge is -2.52. The van der Waals surface area contributed by atoms with Gasteiger partial charge < -0.3 is 184 Å². The third kappa shape index (κ3) is 31.8. The quantitative estimate of drug-likeness (QED) is 0.0216. The maximum absolute atomic E-state index is 13.7. The van der Waals surface area contributed by atoms with E-state index in [1.165, 1.54) is 129 Å². The van der Waals surface area contributed by atoms with Crippen LogP contribution in [0.25, 0.3) is 0 Å². The van der Waals surface area contributed by atoms with Crippen LogP contribution in [0.5, 0.6) is 0 Å². The van der Waals surface area contributed by atoms with Crippen LogP contribution in [0, 0.1) is 0 Å². The van der Waals surface area contributed by atoms with Crippen LogP contribution in [0.4, 0.5) is 0 Å². The molecule has 0 aromatic heterocycles. The number of aliphatic hydroxyl groups is 20. The van der Waals surface area contributed by atoms with Crippen molar-refractivity contribution >= 4 is 17.7 Å². The highest BCUT2D eigenvalue weighted by Gasteiger charge is 2.60. The minimum absolute atomic E-state index is 0.151. The van der Waals surface area contributed by atoms with Crippen LogP contribution in [-0.4, -0.2) is 393 Å². The Labute approximate surface area is 726 Å². The molecule has 7 heterocycles. The number of hydrogen-bond donors (Lipinski definition) is 23. The highest BCUT2D eigenvalue weighted by molar-refractivity contribution is 5.76. The number of nitrogens with one attached hydrogen (secondary N) is 3. The van der Waals surface area contributed by atoms with Gasteiger partial charge >= 0.3 is 0 Å². The van der Waals surface area contributed by atoms with Crippen LogP contribution in [0.1, 0.15) is 227 Å². The number of carbonyl (C=O) groups excluding carboxylic acids is 3. The number of amides is 3. The average Bonchev–Trinajstić information content (AvgIpc) is 0.762. The predicted octanol–water partition coefficient (Wildman–Crippen LogP) is -2.79. The molecule has 0 saturated carbocycles. The summed E-state index contributed by atoms with van der Waals surface area (Å²) in [4.78, 5) is 40.1. The van der Waals surface area contributed by atoms with Crippen molar-refractivity contribution in [1.29, 1.82) is 0 Å². The molecule has 7 saturated heterocycles. The fourth-order valence-corrected chi connectivity index (χ4v) is 16.9. The van der Waals surface area contributed by atoms with Crippen molar-refractivity contribution in [2.24, 2.45) is 0 Å². The van der Waals surface area contributed by atoms with E-state index in [1.807, 2.05) is 6.08 Å². The molecule has 3 amide bonds. The fourth-order valence-electron chi connectivity index (χ4n) is 16.9. The minimum Gasteiger partial charge on any atom is -0.394 e. The Bertz CT molecular complexity index is 2950. The van der Waals surface area contributed by atoms with Crippen LogP contribution in [-0.2, 0) is 80.7 Å². The van der Waals surface area contributed by atoms with E-state index < -0.39 is 285 Å². The van der Waals surface area contributed by atoms with Gasteiger partial charge in [0.2, 0.25) is 17.7 Å². The minimum atomic E-state index is -2.40. The summed E-state index contributed by atoms with van der Waals surface area (Å²) in [6.45, 7) is 0.886. The Morgan fingerprint density at radius 3 is 1.10 bits per heavy atom. The Hall–Kier alpha value is -3.21. The summed E-state index contributed by atoms with van der Waals surface area (Å²) in [6.07, 6.45) is -29.8. The summed E-state index contributed by atoms with van der Waals surface area (Å²) in [5.41, 5.74) is 0. The van der Waals surface area contributed by atoms with Crippen molar-refractivity contribution in [3.63, 3.8) is 0 Å². The second kappa shape index (κ2) is 56.6. The first kappa shape index (κ1) is 108. The van der Waals surface area contributed by atoms with Gasteiger partial charge in [0.15, 0.2) is 44.0 Å². The number of allylic oxidation sites excluding steroid dienone is 1. The maximum Gasteiger partial charge on any atom is 0.220 e. The molecule has 0 radical (unpaired) electrons. The largest absolute Gasteiger partial charge is 0.394 e. The first-order valence-corrected chi connectivity index (χ1v) is 45.3. The Morgan fingerprint density at radius 1 is 0.331 bits per heavy atom. The SMILES string of the molecule is CCCCCCCCCCCCC/C=C/[C@@H](O)[C@H](CO[C@@H]1OC(CO)[C@@H](O[C@@H]2OC(CO)[C@H](O)[C@H](O[C@@H]3OC(CO)[C@@H](O[C@H]4OC(C)[C@@H](O)C(O)[C@@H]4O)[C@H](O[C@@H]4OC(CO)[C@H](O)[C@H](O[C@@H]5OC(CO)[C@@H](O[C@@H]6OC(CO)[C@H](O)[C@H](O)C6O)[C@H](O)C5NC(C)=O)C4O)C3NC(C)=O)C2O)[C@H](O)C1O)NC(=O)CCCCCCCCCCCCCCCCCCC. The highest BCUT2D eigenvalue weighted by atomic mass is 16.8. The van der Waals surface area contributed by atoms with Gasteiger partial charge in [0.05, 0.1) is 64.5 Å². The molecule has 23 N–H and O–H groups in total. The standard InChI is InChI=1S/C84H151N3O37/c1-6-8-10-12-14-16-18-20-21-22-23-25-27-29-31-33-35-37-56(97)87-48(49(96)36-34-32-30-28-26-24-19-17-15-13-11-9-7-2)44-111-80-69(108)66(105)73(54(42-92)118-80)120-83-70(109)77(62(101)51(39-89)114-83)124-79-58(86-47(5)95)75(74(55(43-93)117-79)121-81-67(106)64(103)59(98)45(3)112-81)122-84-71(110)76(61(100)52(40-90)115-84)123-78-57(85-46(4)94)63(102)72(53(41-91)116-78)119-82-68(107)65(104)60(99)50(38-88)113-82/h34,36,45,48-55,57-84,88-93,96,98-110H,6-33,35,37-44H2,1-5H3,(H,85,94)(H,86,95)(H,87,97)/b36-34+/t45?,48-,49+,50?,51?,52?,53?,54?,55?,57?,58?,59+,60-,61-,62-,63+,64?,65-,66+,67-,68?,69?,70?,71?,72+,73+,74+,75+,76-,77-,78-,79-,80+,81+,82-,83-,84-/m0/s1. The van der Waals surface area contributed by atoms with Gasteiger partial charge in [0.1, 0.15) is 165 Å². The van der Waals surface area contributed by atoms with Gasteiger partial charge in [-0.25, -0.2) is 0 Å². The molecule has 40 nitrogen and oxygen atoms in total. The van der Waals surface area contributed by atoms with Crippen LogP contribution in [0.15, 0.2) is 12.2 Å². The molecule has 0 aromatic carbocycles. The number of hydrogen-bond acceptors (Lipinski definition) is 37. The van der Waals surface area contributed by atoms with Crippen molar-refractivity contribution in [1.82, 2.24) is 16.0 Å². The van der Waals surface area contributed by atoms with Crippen LogP contribution in [0.3, 0.4) is 0 Å². The summed E-state index contributed by atoms with van der Waals surface area (Å²) in [5, 5.41) is 233. The van der Waals surface area contributed by atoms with Crippen LogP contribution >= 0.6 is 0 Å². The van der Waals surface area contributed by atoms with E-state index in [2.05, 4.69) is 29.8 Å². The first-order chi connectivity index (χ1) is 59.5. The van der Waals surface area contributed by atoms with E-state index in [4.69, 9.17) is 66.3 Å². The normalized spacial score (nSPS) is 38.5. The smallest absolute Gasteiger partial charge is 0.220 e. The van der Waals surface area contributed by atoms with Gasteiger partial charge in [-0.1, -0.05) is 193 Å². The summed E-state index contributed by atoms with van der Waals surface area (Å²) < 4.78 is 84.5. The molecule has 0 aromatic rings. The summed E-state index contributed by atoms with van der Waals surface area (Å²) >= 11 is 0. The number of unbranched alkanes of at least 4 members (excludes halogenated alkanes) is 27. The zero-order valence-electron chi connectivity index (χ0n) is 72.6. The molecular weight excluding hydrogens is 1640 g/mol. The molecule has 724 valence electrons. The molecule has 37 atom stereocenters. The van der Waals surface area contributed by atoms with Crippen molar-refractivity contribution < 1.29 is 183 Å². The Morgan fingerprint density at radius 2 is 0.661 bits per heavy atom. The zero-order valence-corrected chi connectivity index (χ0v) is 72.6. The van der Waals surface area contributed by atoms with Gasteiger partial charge in [-0.15, -0.1) is 0 Å². The fraction of sp³-hybridized carbons (Fsp3) is 0.940. The van der Waals surface area contributed by atoms with Crippen molar-refractivity contribution in [3.05, 3.63) is 12.2 Å². The maximum atomic E-state index is 13.7. The lowest BCUT2D eigenvalue weighted by atomic mass is 9.93. The summed E-state index contributed by atoms with van der Waals surface area (Å²) in [6, 6.07) is -4.94. The Kier molecular flexibility index (Phi) is 49.2. The molecule has 0 bridgehead atoms. The molecule has 124 heavy (non-hydrogen) atoms. The van der Waals surface area contributed by atoms with E-state index in [-0.39, 0.29) is 12.3 Å². The lowest BCUT2D eigenvalue weighted by Crippen LogP contribution is -2.72. The highest BCUT2D eigenvalue weighted by Crippen LogP contribution is 2.40. The van der Waals surface area contributed by atoms with Crippen molar-refractivity contribution in [3.8, 4) is 0 Å². The molecule has 7 fully saturated rings. The number of rotatable bonds is 56. The van der Waals surface area contributed by atoms with E-state index >= 15 is 0 Å². The molecule has 7 rings (SSSR count). The molecule has 7 aliphatic heterocycles. The number of aliphatic hydroxyl groups excluding tert-OH is 20. The van der Waals surface area contributed by atoms with Crippen LogP contribution in [0.2, 0.25) is 0 Å². The molecule has 7 aliphatic rings. The second-order valence-corrected chi connectivity index (χ2v) is 34.2. The topological polar surface area (TPSA) is 621 Å². The van der Waals surface area contributed by atoms with E-state index in [0.29, 0.717) is 12.8 Å². The van der Waals surface area contributed by atoms with Gasteiger partial charge in [-0.2, -0.15) is 0 Å². The first-order valence-electron chi connectivity index (χ1n) is 45.3. The Balaban J connectivity index is 1.07. The van der Waals surface area contributed by atoms with E-state index in [1.54, 1.807) is 6.08 Å². The van der Waals surface area contributed by atoms with Gasteiger partial charge in [0.25, 0.3) is 0 Å². The van der Waals surface area contributed by atoms with E-state index in [9.17, 15) is 117 Å². The second-order valence-electron chi connectivity index (χ2n) is 34.2. The predicted molar refractivity (Wildman–Crippen MR) is 434 cm³/mol. The summed E-state index contributed by atoms with van der Waals surface area (Å²) in [5.74, 6) is -2.21. The monoisotopic (exact) mass is 1790 g/mol. The lowest BCUT2D eigenvalue weighted by molar-refractivity contribution is -0.396. The third-order valence-electron chi connectivity index (χ3n) is 24.3. The molecular formula is C84H151N3O37. The van der Waals surface area contributed by atoms with Crippen molar-refractivity contribution in [2.75, 3.05) is 46.2 Å². The van der Waals surface area contributed by atoms with E-state index in [0.717, 1.165) is 65.2 Å². The molecule has 40 heteroatoms. The van der Waals surface area contributed by atoms with Crippen molar-refractivity contribution in [2.45, 2.75) is 454 Å². The van der Waals surface area contributed by atoms with Gasteiger partial charge in [-0.3, -0.25) is 14.4 Å². The molecule has 0 aliphatic carbocycles. The number of carbonyl (C=O) groups is 3.